The SMILES string of the molecule is O=[N+]([O-])c1ccc(NCCCn2ccnc2)nc1Nc1ccc2n[nH]nc2c1. The van der Waals surface area contributed by atoms with Gasteiger partial charge in [-0.2, -0.15) is 15.4 Å². The summed E-state index contributed by atoms with van der Waals surface area (Å²) in [5.41, 5.74) is 1.89. The summed E-state index contributed by atoms with van der Waals surface area (Å²) in [5, 5.41) is 28.1. The number of rotatable bonds is 8. The van der Waals surface area contributed by atoms with Crippen LogP contribution in [0.5, 0.6) is 0 Å². The molecule has 0 saturated heterocycles. The molecule has 0 aliphatic carbocycles. The van der Waals surface area contributed by atoms with E-state index in [2.05, 4.69) is 36.0 Å². The first-order valence-corrected chi connectivity index (χ1v) is 8.62. The molecule has 142 valence electrons. The standard InChI is InChI=1S/C17H17N9O2/c27-26(28)15-4-5-16(19-6-1-8-25-9-7-18-11-25)21-17(15)20-12-2-3-13-14(10-12)23-24-22-13/h2-5,7,9-11H,1,6,8H2,(H2,19,20,21)(H,22,23,24). The van der Waals surface area contributed by atoms with Crippen LogP contribution in [0.1, 0.15) is 6.42 Å². The van der Waals surface area contributed by atoms with E-state index in [1.165, 1.54) is 6.07 Å². The molecule has 11 nitrogen and oxygen atoms in total. The van der Waals surface area contributed by atoms with E-state index in [4.69, 9.17) is 0 Å². The maximum absolute atomic E-state index is 11.4. The minimum atomic E-state index is -0.465. The van der Waals surface area contributed by atoms with Crippen LogP contribution in [0.4, 0.5) is 23.0 Å². The van der Waals surface area contributed by atoms with Crippen molar-refractivity contribution >= 4 is 34.0 Å². The van der Waals surface area contributed by atoms with Gasteiger partial charge in [-0.05, 0) is 30.7 Å². The molecule has 3 aromatic heterocycles. The molecule has 0 saturated carbocycles. The van der Waals surface area contributed by atoms with Gasteiger partial charge in [0.1, 0.15) is 16.9 Å². The Labute approximate surface area is 159 Å². The third-order valence-corrected chi connectivity index (χ3v) is 4.11. The van der Waals surface area contributed by atoms with Crippen LogP contribution in [-0.4, -0.2) is 41.4 Å². The topological polar surface area (TPSA) is 139 Å². The number of H-pyrrole nitrogens is 1. The van der Waals surface area contributed by atoms with Crippen molar-refractivity contribution in [1.29, 1.82) is 0 Å². The van der Waals surface area contributed by atoms with Gasteiger partial charge in [-0.3, -0.25) is 10.1 Å². The Balaban J connectivity index is 1.47. The molecular weight excluding hydrogens is 362 g/mol. The number of nitrogens with one attached hydrogen (secondary N) is 3. The second kappa shape index (κ2) is 7.70. The Morgan fingerprint density at radius 1 is 1.18 bits per heavy atom. The third-order valence-electron chi connectivity index (χ3n) is 4.11. The Bertz CT molecular complexity index is 1090. The summed E-state index contributed by atoms with van der Waals surface area (Å²) in [7, 11) is 0. The molecule has 0 amide bonds. The number of aromatic amines is 1. The van der Waals surface area contributed by atoms with Gasteiger partial charge in [-0.15, -0.1) is 0 Å². The van der Waals surface area contributed by atoms with Crippen LogP contribution in [0.15, 0.2) is 49.1 Å². The quantitative estimate of drug-likeness (QED) is 0.241. The highest BCUT2D eigenvalue weighted by Gasteiger charge is 2.16. The van der Waals surface area contributed by atoms with Crippen LogP contribution in [-0.2, 0) is 6.54 Å². The van der Waals surface area contributed by atoms with Gasteiger partial charge in [0.05, 0.1) is 11.3 Å². The number of anilines is 3. The molecule has 1 aromatic carbocycles. The number of benzene rings is 1. The maximum atomic E-state index is 11.4. The Morgan fingerprint density at radius 2 is 2.07 bits per heavy atom. The van der Waals surface area contributed by atoms with Crippen molar-refractivity contribution in [2.24, 2.45) is 0 Å². The highest BCUT2D eigenvalue weighted by atomic mass is 16.6. The van der Waals surface area contributed by atoms with Crippen molar-refractivity contribution in [2.45, 2.75) is 13.0 Å². The highest BCUT2D eigenvalue weighted by molar-refractivity contribution is 5.80. The molecule has 0 atom stereocenters. The van der Waals surface area contributed by atoms with Crippen LogP contribution in [0.2, 0.25) is 0 Å². The van der Waals surface area contributed by atoms with Gasteiger partial charge in [-0.1, -0.05) is 0 Å². The van der Waals surface area contributed by atoms with E-state index in [0.717, 1.165) is 13.0 Å². The van der Waals surface area contributed by atoms with E-state index < -0.39 is 4.92 Å². The molecule has 0 aliphatic heterocycles. The summed E-state index contributed by atoms with van der Waals surface area (Å²) >= 11 is 0. The minimum Gasteiger partial charge on any atom is -0.370 e. The van der Waals surface area contributed by atoms with Crippen molar-refractivity contribution in [3.63, 3.8) is 0 Å². The zero-order chi connectivity index (χ0) is 19.3. The highest BCUT2D eigenvalue weighted by Crippen LogP contribution is 2.28. The van der Waals surface area contributed by atoms with E-state index in [0.29, 0.717) is 29.1 Å². The second-order valence-corrected chi connectivity index (χ2v) is 6.05. The first-order valence-electron chi connectivity index (χ1n) is 8.62. The monoisotopic (exact) mass is 379 g/mol. The Kier molecular flexibility index (Phi) is 4.78. The Hall–Kier alpha value is -4.02. The van der Waals surface area contributed by atoms with Gasteiger partial charge < -0.3 is 15.2 Å². The molecule has 0 fully saturated rings. The second-order valence-electron chi connectivity index (χ2n) is 6.05. The fourth-order valence-corrected chi connectivity index (χ4v) is 2.74. The molecule has 11 heteroatoms. The number of fused-ring (bicyclic) bond motifs is 1. The number of nitrogens with zero attached hydrogens (tertiary/aromatic N) is 6. The molecular formula is C17H17N9O2. The summed E-state index contributed by atoms with van der Waals surface area (Å²) in [4.78, 5) is 19.3. The van der Waals surface area contributed by atoms with Crippen LogP contribution >= 0.6 is 0 Å². The average molecular weight is 379 g/mol. The van der Waals surface area contributed by atoms with Crippen molar-refractivity contribution in [1.82, 2.24) is 29.9 Å². The number of aromatic nitrogens is 6. The zero-order valence-electron chi connectivity index (χ0n) is 14.7. The molecule has 3 N–H and O–H groups in total. The lowest BCUT2D eigenvalue weighted by molar-refractivity contribution is -0.384. The first kappa shape index (κ1) is 17.4. The van der Waals surface area contributed by atoms with Gasteiger partial charge in [-0.25, -0.2) is 9.97 Å². The summed E-state index contributed by atoms with van der Waals surface area (Å²) in [6.07, 6.45) is 6.26. The van der Waals surface area contributed by atoms with Crippen LogP contribution in [0.3, 0.4) is 0 Å². The molecule has 0 aliphatic rings. The summed E-state index contributed by atoms with van der Waals surface area (Å²) in [6, 6.07) is 8.31. The molecule has 0 bridgehead atoms. The number of aryl methyl sites for hydroxylation is 1. The normalized spacial score (nSPS) is 10.9. The molecule has 0 spiro atoms. The van der Waals surface area contributed by atoms with Gasteiger partial charge >= 0.3 is 5.69 Å². The predicted octanol–water partition coefficient (Wildman–Crippen LogP) is 2.70. The molecule has 3 heterocycles. The summed E-state index contributed by atoms with van der Waals surface area (Å²) in [5.74, 6) is 0.716. The fraction of sp³-hybridized carbons (Fsp3) is 0.176. The van der Waals surface area contributed by atoms with Crippen LogP contribution in [0, 0.1) is 10.1 Å². The number of pyridine rings is 1. The van der Waals surface area contributed by atoms with Gasteiger partial charge in [0.15, 0.2) is 0 Å². The number of hydrogen-bond acceptors (Lipinski definition) is 8. The van der Waals surface area contributed by atoms with Crippen molar-refractivity contribution in [3.05, 3.63) is 59.2 Å². The Morgan fingerprint density at radius 3 is 2.89 bits per heavy atom. The maximum Gasteiger partial charge on any atom is 0.311 e. The lowest BCUT2D eigenvalue weighted by Gasteiger charge is -2.10. The number of hydrogen-bond donors (Lipinski definition) is 3. The number of nitro groups is 1. The molecule has 4 rings (SSSR count). The molecule has 0 unspecified atom stereocenters. The first-order chi connectivity index (χ1) is 13.7. The third kappa shape index (κ3) is 3.87. The van der Waals surface area contributed by atoms with Crippen molar-refractivity contribution < 1.29 is 4.92 Å². The lowest BCUT2D eigenvalue weighted by atomic mass is 10.2. The minimum absolute atomic E-state index is 0.107. The zero-order valence-corrected chi connectivity index (χ0v) is 14.7. The lowest BCUT2D eigenvalue weighted by Crippen LogP contribution is -2.08. The van der Waals surface area contributed by atoms with Gasteiger partial charge in [0.25, 0.3) is 0 Å². The van der Waals surface area contributed by atoms with E-state index in [9.17, 15) is 10.1 Å². The predicted molar refractivity (Wildman–Crippen MR) is 103 cm³/mol. The summed E-state index contributed by atoms with van der Waals surface area (Å²) < 4.78 is 1.98. The number of imidazole rings is 1. The van der Waals surface area contributed by atoms with E-state index in [1.807, 2.05) is 10.8 Å². The van der Waals surface area contributed by atoms with Crippen molar-refractivity contribution in [3.8, 4) is 0 Å². The molecule has 4 aromatic rings. The molecule has 28 heavy (non-hydrogen) atoms. The van der Waals surface area contributed by atoms with Crippen LogP contribution in [0.25, 0.3) is 11.0 Å². The van der Waals surface area contributed by atoms with E-state index >= 15 is 0 Å². The van der Waals surface area contributed by atoms with E-state index in [-0.39, 0.29) is 11.5 Å². The van der Waals surface area contributed by atoms with Crippen molar-refractivity contribution in [2.75, 3.05) is 17.2 Å². The largest absolute Gasteiger partial charge is 0.370 e. The average Bonchev–Trinajstić information content (AvgIpc) is 3.36. The molecule has 0 radical (unpaired) electrons. The smallest absolute Gasteiger partial charge is 0.311 e. The van der Waals surface area contributed by atoms with Gasteiger partial charge in [0.2, 0.25) is 5.82 Å². The summed E-state index contributed by atoms with van der Waals surface area (Å²) in [6.45, 7) is 1.50. The van der Waals surface area contributed by atoms with E-state index in [1.54, 1.807) is 36.8 Å². The van der Waals surface area contributed by atoms with Crippen LogP contribution < -0.4 is 10.6 Å². The van der Waals surface area contributed by atoms with Gasteiger partial charge in [0, 0.05) is 37.2 Å². The fourth-order valence-electron chi connectivity index (χ4n) is 2.74.